The minimum absolute atomic E-state index is 0. The van der Waals surface area contributed by atoms with Crippen LogP contribution in [-0.2, 0) is 11.2 Å². The zero-order chi connectivity index (χ0) is 13.8. The Balaban J connectivity index is 0.00000200. The molecule has 0 aliphatic carbocycles. The third kappa shape index (κ3) is 3.85. The molecule has 1 fully saturated rings. The molecule has 2 heterocycles. The van der Waals surface area contributed by atoms with Crippen LogP contribution in [0.3, 0.4) is 0 Å². The molecule has 1 aromatic heterocycles. The van der Waals surface area contributed by atoms with E-state index in [9.17, 15) is 4.79 Å². The van der Waals surface area contributed by atoms with Crippen molar-refractivity contribution in [2.45, 2.75) is 31.9 Å². The molecule has 0 radical (unpaired) electrons. The van der Waals surface area contributed by atoms with Crippen LogP contribution < -0.4 is 10.6 Å². The number of aryl methyl sites for hydroxylation is 1. The van der Waals surface area contributed by atoms with Crippen LogP contribution in [0.4, 0.5) is 0 Å². The number of aromatic nitrogens is 2. The van der Waals surface area contributed by atoms with Gasteiger partial charge in [-0.2, -0.15) is 0 Å². The quantitative estimate of drug-likeness (QED) is 0.777. The van der Waals surface area contributed by atoms with Crippen molar-refractivity contribution in [3.63, 3.8) is 0 Å². The van der Waals surface area contributed by atoms with Gasteiger partial charge in [-0.25, -0.2) is 4.98 Å². The number of aromatic amines is 1. The monoisotopic (exact) mass is 322 g/mol. The molecular formula is C12H20Cl2N4O2. The highest BCUT2D eigenvalue weighted by Gasteiger charge is 2.27. The molecule has 20 heavy (non-hydrogen) atoms. The number of halogens is 2. The summed E-state index contributed by atoms with van der Waals surface area (Å²) < 4.78 is 5.36. The van der Waals surface area contributed by atoms with Crippen molar-refractivity contribution < 1.29 is 9.53 Å². The smallest absolute Gasteiger partial charge is 0.287 e. The van der Waals surface area contributed by atoms with Gasteiger partial charge in [-0.05, 0) is 19.4 Å². The summed E-state index contributed by atoms with van der Waals surface area (Å²) in [5.41, 5.74) is 0.778. The van der Waals surface area contributed by atoms with Crippen LogP contribution in [-0.4, -0.2) is 48.2 Å². The molecule has 8 heteroatoms. The molecule has 2 rings (SSSR count). The summed E-state index contributed by atoms with van der Waals surface area (Å²) in [7, 11) is 1.65. The fourth-order valence-electron chi connectivity index (χ4n) is 2.21. The SMILES string of the molecule is CCc1[nH]c(C(=O)NC2CCNCC2OC)nc1Cl.Cl. The Morgan fingerprint density at radius 3 is 2.95 bits per heavy atom. The number of ether oxygens (including phenoxy) is 1. The van der Waals surface area contributed by atoms with E-state index < -0.39 is 0 Å². The Hall–Kier alpha value is -0.820. The minimum Gasteiger partial charge on any atom is -0.378 e. The number of piperidine rings is 1. The maximum atomic E-state index is 12.1. The highest BCUT2D eigenvalue weighted by Crippen LogP contribution is 2.14. The number of nitrogens with zero attached hydrogens (tertiary/aromatic N) is 1. The van der Waals surface area contributed by atoms with Gasteiger partial charge in [0.2, 0.25) is 0 Å². The van der Waals surface area contributed by atoms with Gasteiger partial charge in [0.15, 0.2) is 11.0 Å². The second-order valence-electron chi connectivity index (χ2n) is 4.56. The molecular weight excluding hydrogens is 303 g/mol. The second-order valence-corrected chi connectivity index (χ2v) is 4.91. The van der Waals surface area contributed by atoms with Crippen LogP contribution in [0.1, 0.15) is 29.7 Å². The lowest BCUT2D eigenvalue weighted by Gasteiger charge is -2.31. The molecule has 3 N–H and O–H groups in total. The molecule has 2 atom stereocenters. The fourth-order valence-corrected chi connectivity index (χ4v) is 2.47. The summed E-state index contributed by atoms with van der Waals surface area (Å²) in [4.78, 5) is 19.1. The van der Waals surface area contributed by atoms with Gasteiger partial charge in [0.1, 0.15) is 0 Å². The molecule has 1 aliphatic heterocycles. The summed E-state index contributed by atoms with van der Waals surface area (Å²) in [5, 5.41) is 6.54. The number of H-pyrrole nitrogens is 1. The number of carbonyl (C=O) groups is 1. The second kappa shape index (κ2) is 7.83. The largest absolute Gasteiger partial charge is 0.378 e. The Morgan fingerprint density at radius 1 is 1.60 bits per heavy atom. The van der Waals surface area contributed by atoms with Crippen molar-refractivity contribution in [3.05, 3.63) is 16.7 Å². The van der Waals surface area contributed by atoms with E-state index in [1.165, 1.54) is 0 Å². The van der Waals surface area contributed by atoms with Gasteiger partial charge in [0.25, 0.3) is 5.91 Å². The lowest BCUT2D eigenvalue weighted by atomic mass is 10.0. The molecule has 114 valence electrons. The Morgan fingerprint density at radius 2 is 2.35 bits per heavy atom. The van der Waals surface area contributed by atoms with Gasteiger partial charge in [-0.3, -0.25) is 4.79 Å². The molecule has 0 aromatic carbocycles. The van der Waals surface area contributed by atoms with Crippen molar-refractivity contribution in [1.82, 2.24) is 20.6 Å². The summed E-state index contributed by atoms with van der Waals surface area (Å²) in [6.45, 7) is 3.55. The molecule has 1 aliphatic rings. The molecule has 1 saturated heterocycles. The van der Waals surface area contributed by atoms with Crippen LogP contribution in [0.5, 0.6) is 0 Å². The number of hydrogen-bond donors (Lipinski definition) is 3. The number of amides is 1. The Kier molecular flexibility index (Phi) is 6.75. The summed E-state index contributed by atoms with van der Waals surface area (Å²) >= 11 is 5.93. The molecule has 1 amide bonds. The van der Waals surface area contributed by atoms with Crippen molar-refractivity contribution in [2.75, 3.05) is 20.2 Å². The number of nitrogens with one attached hydrogen (secondary N) is 3. The third-order valence-electron chi connectivity index (χ3n) is 3.34. The van der Waals surface area contributed by atoms with Gasteiger partial charge in [-0.15, -0.1) is 12.4 Å². The van der Waals surface area contributed by atoms with Gasteiger partial charge < -0.3 is 20.4 Å². The Bertz CT molecular complexity index is 453. The van der Waals surface area contributed by atoms with Crippen LogP contribution in [0.25, 0.3) is 0 Å². The first kappa shape index (κ1) is 17.2. The van der Waals surface area contributed by atoms with Gasteiger partial charge >= 0.3 is 0 Å². The highest BCUT2D eigenvalue weighted by atomic mass is 35.5. The van der Waals surface area contributed by atoms with Crippen molar-refractivity contribution in [2.24, 2.45) is 0 Å². The van der Waals surface area contributed by atoms with E-state index in [2.05, 4.69) is 20.6 Å². The van der Waals surface area contributed by atoms with Crippen LogP contribution >= 0.6 is 24.0 Å². The van der Waals surface area contributed by atoms with E-state index in [0.717, 1.165) is 25.2 Å². The first-order valence-electron chi connectivity index (χ1n) is 6.44. The first-order chi connectivity index (χ1) is 9.15. The normalized spacial score (nSPS) is 22.1. The molecule has 0 saturated carbocycles. The molecule has 0 bridgehead atoms. The third-order valence-corrected chi connectivity index (χ3v) is 3.66. The standard InChI is InChI=1S/C12H19ClN4O2.ClH/c1-3-7-10(13)17-11(15-7)12(18)16-8-4-5-14-6-9(8)19-2;/h8-9,14H,3-6H2,1-2H3,(H,15,17)(H,16,18);1H. The van der Waals surface area contributed by atoms with E-state index in [-0.39, 0.29) is 36.3 Å². The van der Waals surface area contributed by atoms with E-state index in [1.54, 1.807) is 7.11 Å². The van der Waals surface area contributed by atoms with Crippen LogP contribution in [0, 0.1) is 0 Å². The van der Waals surface area contributed by atoms with Crippen molar-refractivity contribution in [1.29, 1.82) is 0 Å². The number of methoxy groups -OCH3 is 1. The topological polar surface area (TPSA) is 79.0 Å². The average molecular weight is 323 g/mol. The van der Waals surface area contributed by atoms with Crippen molar-refractivity contribution in [3.8, 4) is 0 Å². The van der Waals surface area contributed by atoms with Crippen LogP contribution in [0.15, 0.2) is 0 Å². The molecule has 2 unspecified atom stereocenters. The number of imidazole rings is 1. The number of rotatable bonds is 4. The lowest BCUT2D eigenvalue weighted by Crippen LogP contribution is -2.53. The minimum atomic E-state index is -0.240. The van der Waals surface area contributed by atoms with E-state index in [0.29, 0.717) is 11.6 Å². The molecule has 1 aromatic rings. The van der Waals surface area contributed by atoms with Gasteiger partial charge in [0, 0.05) is 13.7 Å². The zero-order valence-corrected chi connectivity index (χ0v) is 13.1. The van der Waals surface area contributed by atoms with Gasteiger partial charge in [0.05, 0.1) is 17.8 Å². The zero-order valence-electron chi connectivity index (χ0n) is 11.5. The molecule has 0 spiro atoms. The number of hydrogen-bond acceptors (Lipinski definition) is 4. The first-order valence-corrected chi connectivity index (χ1v) is 6.82. The van der Waals surface area contributed by atoms with Crippen molar-refractivity contribution >= 4 is 29.9 Å². The predicted molar refractivity (Wildman–Crippen MR) is 79.8 cm³/mol. The van der Waals surface area contributed by atoms with E-state index in [4.69, 9.17) is 16.3 Å². The van der Waals surface area contributed by atoms with Crippen LogP contribution in [0.2, 0.25) is 5.15 Å². The summed E-state index contributed by atoms with van der Waals surface area (Å²) in [6.07, 6.45) is 1.53. The van der Waals surface area contributed by atoms with E-state index >= 15 is 0 Å². The molecule has 6 nitrogen and oxygen atoms in total. The number of carbonyl (C=O) groups excluding carboxylic acids is 1. The van der Waals surface area contributed by atoms with E-state index in [1.807, 2.05) is 6.92 Å². The maximum Gasteiger partial charge on any atom is 0.287 e. The summed E-state index contributed by atoms with van der Waals surface area (Å²) in [5.74, 6) is 0.0192. The summed E-state index contributed by atoms with van der Waals surface area (Å²) in [6, 6.07) is -0.00676. The lowest BCUT2D eigenvalue weighted by molar-refractivity contribution is 0.0473. The Labute approximate surface area is 129 Å². The maximum absolute atomic E-state index is 12.1. The average Bonchev–Trinajstić information content (AvgIpc) is 2.80. The fraction of sp³-hybridized carbons (Fsp3) is 0.667. The van der Waals surface area contributed by atoms with Gasteiger partial charge in [-0.1, -0.05) is 18.5 Å². The highest BCUT2D eigenvalue weighted by molar-refractivity contribution is 6.30. The predicted octanol–water partition coefficient (Wildman–Crippen LogP) is 1.15.